The van der Waals surface area contributed by atoms with Crippen LogP contribution in [0.2, 0.25) is 0 Å². The summed E-state index contributed by atoms with van der Waals surface area (Å²) in [5, 5.41) is 6.24. The number of ketones is 1. The van der Waals surface area contributed by atoms with E-state index in [9.17, 15) is 14.4 Å². The molecular weight excluding hydrogens is 528 g/mol. The molecule has 4 rings (SSSR count). The van der Waals surface area contributed by atoms with Crippen LogP contribution < -0.4 is 20.3 Å². The van der Waals surface area contributed by atoms with Crippen molar-refractivity contribution in [1.82, 2.24) is 10.3 Å². The van der Waals surface area contributed by atoms with Crippen molar-refractivity contribution in [2.45, 2.75) is 39.5 Å². The summed E-state index contributed by atoms with van der Waals surface area (Å²) in [5.41, 5.74) is 3.20. The third kappa shape index (κ3) is 7.40. The number of esters is 1. The van der Waals surface area contributed by atoms with E-state index in [4.69, 9.17) is 9.72 Å². The molecule has 1 aromatic heterocycles. The lowest BCUT2D eigenvalue weighted by Crippen LogP contribution is -2.38. The Balaban J connectivity index is 1.69. The first kappa shape index (κ1) is 30.0. The monoisotopic (exact) mass is 564 g/mol. The molecule has 216 valence electrons. The van der Waals surface area contributed by atoms with Gasteiger partial charge in [-0.2, -0.15) is 0 Å². The molecule has 4 aromatic rings. The largest absolute Gasteiger partial charge is 0.424 e. The van der Waals surface area contributed by atoms with Gasteiger partial charge in [0.05, 0.1) is 11.4 Å². The van der Waals surface area contributed by atoms with Gasteiger partial charge in [-0.25, -0.2) is 9.78 Å². The van der Waals surface area contributed by atoms with Crippen LogP contribution in [-0.4, -0.2) is 36.4 Å². The van der Waals surface area contributed by atoms with Crippen LogP contribution in [-0.2, 0) is 4.79 Å². The van der Waals surface area contributed by atoms with Crippen LogP contribution in [0.4, 0.5) is 22.0 Å². The summed E-state index contributed by atoms with van der Waals surface area (Å²) in [6.07, 6.45) is 3.20. The number of nitrogens with one attached hydrogen (secondary N) is 2. The van der Waals surface area contributed by atoms with Crippen LogP contribution in [0.3, 0.4) is 0 Å². The molecule has 8 heteroatoms. The number of anilines is 3. The Bertz CT molecular complexity index is 1540. The summed E-state index contributed by atoms with van der Waals surface area (Å²) >= 11 is 0. The lowest BCUT2D eigenvalue weighted by molar-refractivity contribution is -0.133. The lowest BCUT2D eigenvalue weighted by Gasteiger charge is -2.20. The zero-order valence-electron chi connectivity index (χ0n) is 24.2. The number of urea groups is 1. The van der Waals surface area contributed by atoms with Gasteiger partial charge in [0, 0.05) is 42.4 Å². The van der Waals surface area contributed by atoms with Crippen molar-refractivity contribution in [3.8, 4) is 17.0 Å². The molecule has 2 N–H and O–H groups in total. The van der Waals surface area contributed by atoms with Gasteiger partial charge in [-0.1, -0.05) is 81.3 Å². The fourth-order valence-corrected chi connectivity index (χ4v) is 4.37. The smallest absolute Gasteiger partial charge is 0.322 e. The second-order valence-electron chi connectivity index (χ2n) is 9.75. The highest BCUT2D eigenvalue weighted by Crippen LogP contribution is 2.39. The predicted molar refractivity (Wildman–Crippen MR) is 167 cm³/mol. The second kappa shape index (κ2) is 14.6. The number of amides is 2. The average Bonchev–Trinajstić information content (AvgIpc) is 3.03. The molecule has 8 nitrogen and oxygen atoms in total. The van der Waals surface area contributed by atoms with Gasteiger partial charge in [0.25, 0.3) is 0 Å². The molecule has 0 bridgehead atoms. The Morgan fingerprint density at radius 1 is 0.810 bits per heavy atom. The molecule has 0 aliphatic carbocycles. The molecule has 0 aliphatic rings. The highest BCUT2D eigenvalue weighted by atomic mass is 16.5. The highest BCUT2D eigenvalue weighted by Gasteiger charge is 2.20. The van der Waals surface area contributed by atoms with Crippen LogP contribution in [0, 0.1) is 0 Å². The first-order valence-corrected chi connectivity index (χ1v) is 14.2. The topological polar surface area (TPSA) is 101 Å². The van der Waals surface area contributed by atoms with Gasteiger partial charge in [0.15, 0.2) is 11.5 Å². The van der Waals surface area contributed by atoms with Crippen molar-refractivity contribution in [3.63, 3.8) is 0 Å². The average molecular weight is 565 g/mol. The van der Waals surface area contributed by atoms with Crippen LogP contribution >= 0.6 is 0 Å². The Morgan fingerprint density at radius 2 is 1.52 bits per heavy atom. The standard InChI is InChI=1S/C34H36N4O4/c1-4-6-12-23-35-34(41)38(3)30-22-14-20-28(37-30)26-18-13-21-29(33(26)42-31(39)5-2)36-27-19-11-10-17-25(27)32(40)24-15-8-7-9-16-24/h7-11,13-22,36H,4-6,12,23H2,1-3H3,(H,35,41). The fourth-order valence-electron chi connectivity index (χ4n) is 4.37. The quantitative estimate of drug-likeness (QED) is 0.0806. The summed E-state index contributed by atoms with van der Waals surface area (Å²) in [4.78, 5) is 44.8. The Labute approximate surface area is 246 Å². The highest BCUT2D eigenvalue weighted by molar-refractivity contribution is 6.12. The number of unbranched alkanes of at least 4 members (excludes halogenated alkanes) is 2. The fraction of sp³-hybridized carbons (Fsp3) is 0.235. The number of hydrogen-bond donors (Lipinski definition) is 2. The Kier molecular flexibility index (Phi) is 10.4. The van der Waals surface area contributed by atoms with E-state index in [0.717, 1.165) is 19.3 Å². The predicted octanol–water partition coefficient (Wildman–Crippen LogP) is 7.37. The number of hydrogen-bond acceptors (Lipinski definition) is 6. The molecule has 0 saturated carbocycles. The van der Waals surface area contributed by atoms with E-state index < -0.39 is 5.97 Å². The number of carbonyl (C=O) groups excluding carboxylic acids is 3. The van der Waals surface area contributed by atoms with Crippen LogP contribution in [0.25, 0.3) is 11.3 Å². The zero-order chi connectivity index (χ0) is 29.9. The maximum absolute atomic E-state index is 13.3. The number of carbonyl (C=O) groups is 3. The molecule has 0 fully saturated rings. The van der Waals surface area contributed by atoms with Gasteiger partial charge in [0.1, 0.15) is 5.82 Å². The molecule has 1 heterocycles. The van der Waals surface area contributed by atoms with E-state index in [1.165, 1.54) is 4.90 Å². The van der Waals surface area contributed by atoms with E-state index in [-0.39, 0.29) is 24.0 Å². The van der Waals surface area contributed by atoms with E-state index in [0.29, 0.717) is 46.1 Å². The van der Waals surface area contributed by atoms with Crippen molar-refractivity contribution >= 4 is 35.0 Å². The minimum absolute atomic E-state index is 0.132. The van der Waals surface area contributed by atoms with Crippen LogP contribution in [0.1, 0.15) is 55.5 Å². The minimum atomic E-state index is -0.418. The number of aromatic nitrogens is 1. The summed E-state index contributed by atoms with van der Waals surface area (Å²) in [6.45, 7) is 4.43. The van der Waals surface area contributed by atoms with E-state index in [2.05, 4.69) is 17.6 Å². The number of nitrogens with zero attached hydrogens (tertiary/aromatic N) is 2. The van der Waals surface area contributed by atoms with Crippen molar-refractivity contribution in [3.05, 3.63) is 102 Å². The Hall–Kier alpha value is -4.98. The van der Waals surface area contributed by atoms with Gasteiger partial charge >= 0.3 is 12.0 Å². The van der Waals surface area contributed by atoms with Gasteiger partial charge in [-0.05, 0) is 42.8 Å². The Morgan fingerprint density at radius 3 is 2.29 bits per heavy atom. The number of ether oxygens (including phenoxy) is 1. The maximum Gasteiger partial charge on any atom is 0.322 e. The maximum atomic E-state index is 13.3. The second-order valence-corrected chi connectivity index (χ2v) is 9.75. The number of pyridine rings is 1. The first-order valence-electron chi connectivity index (χ1n) is 14.2. The van der Waals surface area contributed by atoms with Crippen molar-refractivity contribution in [2.24, 2.45) is 0 Å². The molecule has 0 aliphatic heterocycles. The molecule has 2 amide bonds. The van der Waals surface area contributed by atoms with E-state index >= 15 is 0 Å². The molecule has 3 aromatic carbocycles. The number of rotatable bonds is 12. The molecule has 0 atom stereocenters. The normalized spacial score (nSPS) is 10.5. The minimum Gasteiger partial charge on any atom is -0.424 e. The van der Waals surface area contributed by atoms with E-state index in [1.807, 2.05) is 36.4 Å². The molecule has 0 radical (unpaired) electrons. The molecule has 0 saturated heterocycles. The van der Waals surface area contributed by atoms with E-state index in [1.54, 1.807) is 68.6 Å². The summed E-state index contributed by atoms with van der Waals surface area (Å²) in [7, 11) is 1.66. The SMILES string of the molecule is CCCCCNC(=O)N(C)c1cccc(-c2cccc(Nc3ccccc3C(=O)c3ccccc3)c2OC(=O)CC)n1. The van der Waals surface area contributed by atoms with Crippen LogP contribution in [0.15, 0.2) is 91.0 Å². The number of benzene rings is 3. The van der Waals surface area contributed by atoms with Crippen LogP contribution in [0.5, 0.6) is 5.75 Å². The third-order valence-electron chi connectivity index (χ3n) is 6.71. The lowest BCUT2D eigenvalue weighted by atomic mass is 10.0. The van der Waals surface area contributed by atoms with Crippen molar-refractivity contribution < 1.29 is 19.1 Å². The van der Waals surface area contributed by atoms with Gasteiger partial charge in [-0.15, -0.1) is 0 Å². The molecular formula is C34H36N4O4. The molecule has 42 heavy (non-hydrogen) atoms. The summed E-state index contributed by atoms with van der Waals surface area (Å²) < 4.78 is 5.84. The summed E-state index contributed by atoms with van der Waals surface area (Å²) in [6, 6.07) is 26.8. The van der Waals surface area contributed by atoms with Gasteiger partial charge in [-0.3, -0.25) is 14.5 Å². The first-order chi connectivity index (χ1) is 20.4. The van der Waals surface area contributed by atoms with Gasteiger partial charge < -0.3 is 15.4 Å². The third-order valence-corrected chi connectivity index (χ3v) is 6.71. The molecule has 0 unspecified atom stereocenters. The van der Waals surface area contributed by atoms with Crippen molar-refractivity contribution in [2.75, 3.05) is 23.8 Å². The zero-order valence-corrected chi connectivity index (χ0v) is 24.2. The summed E-state index contributed by atoms with van der Waals surface area (Å²) in [5.74, 6) is 0.180. The van der Waals surface area contributed by atoms with Gasteiger partial charge in [0.2, 0.25) is 0 Å². The van der Waals surface area contributed by atoms with Crippen molar-refractivity contribution in [1.29, 1.82) is 0 Å². The molecule has 0 spiro atoms. The number of para-hydroxylation sites is 2.